The topological polar surface area (TPSA) is 52.3 Å². The lowest BCUT2D eigenvalue weighted by molar-refractivity contribution is 0.0960. The summed E-state index contributed by atoms with van der Waals surface area (Å²) in [6, 6.07) is 4.53. The second-order valence-corrected chi connectivity index (χ2v) is 3.68. The number of halogens is 1. The summed E-state index contributed by atoms with van der Waals surface area (Å²) in [4.78, 5) is 11.7. The molecule has 0 aliphatic carbocycles. The average Bonchev–Trinajstić information content (AvgIpc) is 2.30. The van der Waals surface area contributed by atoms with Gasteiger partial charge in [0, 0.05) is 11.4 Å². The van der Waals surface area contributed by atoms with Crippen molar-refractivity contribution in [3.05, 3.63) is 28.8 Å². The third-order valence-electron chi connectivity index (χ3n) is 2.23. The van der Waals surface area contributed by atoms with Crippen LogP contribution in [-0.4, -0.2) is 18.4 Å². The van der Waals surface area contributed by atoms with E-state index < -0.39 is 6.04 Å². The van der Waals surface area contributed by atoms with E-state index in [9.17, 15) is 4.79 Å². The van der Waals surface area contributed by atoms with Gasteiger partial charge in [-0.1, -0.05) is 11.6 Å². The summed E-state index contributed by atoms with van der Waals surface area (Å²) in [6.07, 6.45) is 0.547. The van der Waals surface area contributed by atoms with Gasteiger partial charge in [-0.05, 0) is 18.2 Å². The number of fused-ring (bicyclic) bond motifs is 1. The molecule has 0 saturated heterocycles. The predicted molar refractivity (Wildman–Crippen MR) is 53.9 cm³/mol. The summed E-state index contributed by atoms with van der Waals surface area (Å²) in [6.45, 7) is 0.474. The van der Waals surface area contributed by atoms with Crippen LogP contribution in [0, 0.1) is 0 Å². The molecule has 2 rings (SSSR count). The summed E-state index contributed by atoms with van der Waals surface area (Å²) >= 11 is 5.79. The Morgan fingerprint density at radius 3 is 3.07 bits per heavy atom. The average molecular weight is 212 g/mol. The van der Waals surface area contributed by atoms with Crippen LogP contribution in [0.4, 0.5) is 0 Å². The molecule has 1 aliphatic heterocycles. The zero-order valence-corrected chi connectivity index (χ0v) is 8.25. The minimum absolute atomic E-state index is 0.0972. The van der Waals surface area contributed by atoms with Gasteiger partial charge < -0.3 is 10.5 Å². The molecule has 14 heavy (non-hydrogen) atoms. The van der Waals surface area contributed by atoms with E-state index in [1.165, 1.54) is 0 Å². The Morgan fingerprint density at radius 2 is 2.29 bits per heavy atom. The number of hydrogen-bond acceptors (Lipinski definition) is 3. The van der Waals surface area contributed by atoms with Gasteiger partial charge in [-0.3, -0.25) is 4.79 Å². The lowest BCUT2D eigenvalue weighted by Crippen LogP contribution is -2.30. The van der Waals surface area contributed by atoms with E-state index >= 15 is 0 Å². The van der Waals surface area contributed by atoms with Crippen LogP contribution in [0.15, 0.2) is 18.2 Å². The summed E-state index contributed by atoms with van der Waals surface area (Å²) in [5.41, 5.74) is 6.16. The highest BCUT2D eigenvalue weighted by Crippen LogP contribution is 2.26. The number of hydrogen-bond donors (Lipinski definition) is 1. The fraction of sp³-hybridized carbons (Fsp3) is 0.300. The SMILES string of the molecule is N[C@H]1CCOc2ccc(Cl)cc2C1=O. The zero-order chi connectivity index (χ0) is 10.1. The molecule has 0 radical (unpaired) electrons. The predicted octanol–water partition coefficient (Wildman–Crippen LogP) is 1.63. The van der Waals surface area contributed by atoms with Crippen LogP contribution in [0.1, 0.15) is 16.8 Å². The molecule has 4 heteroatoms. The van der Waals surface area contributed by atoms with Crippen molar-refractivity contribution in [2.75, 3.05) is 6.61 Å². The van der Waals surface area contributed by atoms with Gasteiger partial charge in [0.25, 0.3) is 0 Å². The lowest BCUT2D eigenvalue weighted by Gasteiger charge is -2.06. The van der Waals surface area contributed by atoms with Gasteiger partial charge in [-0.2, -0.15) is 0 Å². The molecule has 0 aromatic heterocycles. The van der Waals surface area contributed by atoms with E-state index in [2.05, 4.69) is 0 Å². The van der Waals surface area contributed by atoms with E-state index in [-0.39, 0.29) is 5.78 Å². The largest absolute Gasteiger partial charge is 0.493 e. The monoisotopic (exact) mass is 211 g/mol. The maximum absolute atomic E-state index is 11.7. The first-order valence-corrected chi connectivity index (χ1v) is 4.78. The summed E-state index contributed by atoms with van der Waals surface area (Å²) in [5, 5.41) is 0.523. The van der Waals surface area contributed by atoms with Crippen molar-refractivity contribution in [3.8, 4) is 5.75 Å². The third-order valence-corrected chi connectivity index (χ3v) is 2.47. The number of carbonyl (C=O) groups is 1. The van der Waals surface area contributed by atoms with Crippen molar-refractivity contribution in [2.45, 2.75) is 12.5 Å². The molecule has 0 bridgehead atoms. The molecule has 0 unspecified atom stereocenters. The fourth-order valence-electron chi connectivity index (χ4n) is 1.45. The number of rotatable bonds is 0. The first kappa shape index (κ1) is 9.49. The molecule has 1 atom stereocenters. The van der Waals surface area contributed by atoms with E-state index in [0.29, 0.717) is 29.4 Å². The van der Waals surface area contributed by atoms with E-state index in [1.807, 2.05) is 0 Å². The molecule has 3 nitrogen and oxygen atoms in total. The Morgan fingerprint density at radius 1 is 1.50 bits per heavy atom. The molecule has 0 amide bonds. The first-order chi connectivity index (χ1) is 6.68. The van der Waals surface area contributed by atoms with Crippen molar-refractivity contribution in [3.63, 3.8) is 0 Å². The van der Waals surface area contributed by atoms with Crippen LogP contribution in [-0.2, 0) is 0 Å². The van der Waals surface area contributed by atoms with Crippen molar-refractivity contribution < 1.29 is 9.53 Å². The van der Waals surface area contributed by atoms with Crippen LogP contribution in [0.25, 0.3) is 0 Å². The molecule has 0 saturated carbocycles. The second-order valence-electron chi connectivity index (χ2n) is 3.25. The van der Waals surface area contributed by atoms with Crippen molar-refractivity contribution in [1.82, 2.24) is 0 Å². The van der Waals surface area contributed by atoms with Crippen LogP contribution >= 0.6 is 11.6 Å². The normalized spacial score (nSPS) is 21.0. The van der Waals surface area contributed by atoms with Crippen LogP contribution in [0.3, 0.4) is 0 Å². The Hall–Kier alpha value is -1.06. The van der Waals surface area contributed by atoms with Gasteiger partial charge in [0.1, 0.15) is 5.75 Å². The fourth-order valence-corrected chi connectivity index (χ4v) is 1.62. The van der Waals surface area contributed by atoms with Crippen molar-refractivity contribution in [1.29, 1.82) is 0 Å². The van der Waals surface area contributed by atoms with Gasteiger partial charge >= 0.3 is 0 Å². The summed E-state index contributed by atoms with van der Waals surface area (Å²) < 4.78 is 5.38. The minimum atomic E-state index is -0.477. The van der Waals surface area contributed by atoms with Gasteiger partial charge in [0.05, 0.1) is 18.2 Å². The molecule has 74 valence electrons. The standard InChI is InChI=1S/C10H10ClNO2/c11-6-1-2-9-7(5-6)10(13)8(12)3-4-14-9/h1-2,5,8H,3-4,12H2/t8-/m0/s1. The molecule has 1 aliphatic rings. The number of Topliss-reactive ketones (excluding diaryl/α,β-unsaturated/α-hetero) is 1. The summed E-state index contributed by atoms with van der Waals surface area (Å²) in [7, 11) is 0. The maximum Gasteiger partial charge on any atom is 0.183 e. The number of ether oxygens (including phenoxy) is 1. The van der Waals surface area contributed by atoms with Crippen LogP contribution in [0.2, 0.25) is 5.02 Å². The van der Waals surface area contributed by atoms with Gasteiger partial charge in [-0.15, -0.1) is 0 Å². The van der Waals surface area contributed by atoms with Gasteiger partial charge in [-0.25, -0.2) is 0 Å². The minimum Gasteiger partial charge on any atom is -0.493 e. The van der Waals surface area contributed by atoms with E-state index in [1.54, 1.807) is 18.2 Å². The molecule has 1 aromatic rings. The second kappa shape index (κ2) is 3.59. The highest BCUT2D eigenvalue weighted by Gasteiger charge is 2.23. The molecule has 1 heterocycles. The van der Waals surface area contributed by atoms with E-state index in [4.69, 9.17) is 22.1 Å². The number of ketones is 1. The Kier molecular flexibility index (Phi) is 2.44. The molecular formula is C10H10ClNO2. The van der Waals surface area contributed by atoms with E-state index in [0.717, 1.165) is 0 Å². The number of nitrogens with two attached hydrogens (primary N) is 1. The van der Waals surface area contributed by atoms with Crippen LogP contribution < -0.4 is 10.5 Å². The number of benzene rings is 1. The Bertz CT molecular complexity index is 378. The molecule has 1 aromatic carbocycles. The Labute approximate surface area is 86.8 Å². The highest BCUT2D eigenvalue weighted by molar-refractivity contribution is 6.31. The highest BCUT2D eigenvalue weighted by atomic mass is 35.5. The summed E-state index contributed by atoms with van der Waals surface area (Å²) in [5.74, 6) is 0.479. The Balaban J connectivity index is 2.50. The third kappa shape index (κ3) is 1.61. The van der Waals surface area contributed by atoms with Gasteiger partial charge in [0.2, 0.25) is 0 Å². The van der Waals surface area contributed by atoms with Crippen molar-refractivity contribution >= 4 is 17.4 Å². The molecule has 0 spiro atoms. The smallest absolute Gasteiger partial charge is 0.183 e. The maximum atomic E-state index is 11.7. The van der Waals surface area contributed by atoms with Crippen molar-refractivity contribution in [2.24, 2.45) is 5.73 Å². The zero-order valence-electron chi connectivity index (χ0n) is 7.50. The van der Waals surface area contributed by atoms with Crippen LogP contribution in [0.5, 0.6) is 5.75 Å². The van der Waals surface area contributed by atoms with Gasteiger partial charge in [0.15, 0.2) is 5.78 Å². The lowest BCUT2D eigenvalue weighted by atomic mass is 10.0. The first-order valence-electron chi connectivity index (χ1n) is 4.40. The molecule has 0 fully saturated rings. The quantitative estimate of drug-likeness (QED) is 0.710. The number of carbonyl (C=O) groups excluding carboxylic acids is 1. The molecule has 2 N–H and O–H groups in total. The molecular weight excluding hydrogens is 202 g/mol.